The summed E-state index contributed by atoms with van der Waals surface area (Å²) >= 11 is 0. The van der Waals surface area contributed by atoms with Crippen LogP contribution in [0.4, 0.5) is 5.69 Å². The Morgan fingerprint density at radius 2 is 2.13 bits per heavy atom. The predicted molar refractivity (Wildman–Crippen MR) is 57.7 cm³/mol. The lowest BCUT2D eigenvalue weighted by Gasteiger charge is -2.14. The van der Waals surface area contributed by atoms with Crippen molar-refractivity contribution in [1.82, 2.24) is 4.98 Å². The minimum absolute atomic E-state index is 0.365. The van der Waals surface area contributed by atoms with Gasteiger partial charge in [0.2, 0.25) is 0 Å². The Bertz CT molecular complexity index is 363. The molecule has 1 saturated heterocycles. The van der Waals surface area contributed by atoms with Gasteiger partial charge in [0.25, 0.3) is 0 Å². The standard InChI is InChI=1S/C11H12N2O2/c14-13-11-2-1-10(12-8-11)7-9-3-5-15-6-4-9/h1-2,7-8H,3-6H2. The lowest BCUT2D eigenvalue weighted by Crippen LogP contribution is -2.07. The fraction of sp³-hybridized carbons (Fsp3) is 0.364. The molecule has 0 saturated carbocycles. The van der Waals surface area contributed by atoms with Gasteiger partial charge in [0.1, 0.15) is 5.69 Å². The molecule has 0 bridgehead atoms. The minimum atomic E-state index is 0.365. The first-order valence-electron chi connectivity index (χ1n) is 4.95. The van der Waals surface area contributed by atoms with Crippen molar-refractivity contribution in [2.24, 2.45) is 5.18 Å². The highest BCUT2D eigenvalue weighted by Gasteiger charge is 2.05. The SMILES string of the molecule is O=Nc1ccc(C=C2CCOCC2)nc1. The summed E-state index contributed by atoms with van der Waals surface area (Å²) in [7, 11) is 0. The molecule has 2 heterocycles. The molecule has 0 atom stereocenters. The van der Waals surface area contributed by atoms with E-state index >= 15 is 0 Å². The summed E-state index contributed by atoms with van der Waals surface area (Å²) in [6, 6.07) is 3.48. The van der Waals surface area contributed by atoms with Crippen LogP contribution in [0.15, 0.2) is 29.1 Å². The highest BCUT2D eigenvalue weighted by molar-refractivity contribution is 5.51. The monoisotopic (exact) mass is 204 g/mol. The molecule has 15 heavy (non-hydrogen) atoms. The van der Waals surface area contributed by atoms with E-state index in [4.69, 9.17) is 4.74 Å². The minimum Gasteiger partial charge on any atom is -0.381 e. The third-order valence-electron chi connectivity index (χ3n) is 2.36. The molecule has 4 heteroatoms. The van der Waals surface area contributed by atoms with Gasteiger partial charge >= 0.3 is 0 Å². The zero-order chi connectivity index (χ0) is 10.5. The van der Waals surface area contributed by atoms with Gasteiger partial charge < -0.3 is 4.74 Å². The van der Waals surface area contributed by atoms with Crippen LogP contribution in [-0.2, 0) is 4.74 Å². The van der Waals surface area contributed by atoms with E-state index in [0.29, 0.717) is 5.69 Å². The van der Waals surface area contributed by atoms with Gasteiger partial charge in [-0.15, -0.1) is 4.91 Å². The van der Waals surface area contributed by atoms with Crippen LogP contribution >= 0.6 is 0 Å². The van der Waals surface area contributed by atoms with Gasteiger partial charge in [0.05, 0.1) is 25.1 Å². The molecule has 4 nitrogen and oxygen atoms in total. The molecular formula is C11H12N2O2. The van der Waals surface area contributed by atoms with Crippen LogP contribution in [0.3, 0.4) is 0 Å². The number of nitroso groups, excluding NO2 is 1. The van der Waals surface area contributed by atoms with Crippen LogP contribution in [-0.4, -0.2) is 18.2 Å². The van der Waals surface area contributed by atoms with Gasteiger partial charge in [-0.1, -0.05) is 5.57 Å². The van der Waals surface area contributed by atoms with E-state index < -0.39 is 0 Å². The molecule has 0 aliphatic carbocycles. The summed E-state index contributed by atoms with van der Waals surface area (Å²) in [6.07, 6.45) is 5.47. The van der Waals surface area contributed by atoms with Crippen LogP contribution in [0.25, 0.3) is 6.08 Å². The van der Waals surface area contributed by atoms with E-state index in [1.165, 1.54) is 11.8 Å². The predicted octanol–water partition coefficient (Wildman–Crippen LogP) is 2.67. The van der Waals surface area contributed by atoms with Gasteiger partial charge in [-0.05, 0) is 36.2 Å². The Balaban J connectivity index is 2.11. The molecule has 0 unspecified atom stereocenters. The number of hydrogen-bond acceptors (Lipinski definition) is 4. The molecule has 1 aromatic heterocycles. The molecule has 0 N–H and O–H groups in total. The molecule has 0 spiro atoms. The zero-order valence-corrected chi connectivity index (χ0v) is 8.35. The highest BCUT2D eigenvalue weighted by Crippen LogP contribution is 2.17. The van der Waals surface area contributed by atoms with Crippen molar-refractivity contribution in [1.29, 1.82) is 0 Å². The second kappa shape index (κ2) is 4.79. The lowest BCUT2D eigenvalue weighted by atomic mass is 10.1. The van der Waals surface area contributed by atoms with Gasteiger partial charge in [-0.3, -0.25) is 4.98 Å². The largest absolute Gasteiger partial charge is 0.381 e. The van der Waals surface area contributed by atoms with Crippen molar-refractivity contribution >= 4 is 11.8 Å². The number of rotatable bonds is 2. The Morgan fingerprint density at radius 1 is 1.33 bits per heavy atom. The summed E-state index contributed by atoms with van der Waals surface area (Å²) in [4.78, 5) is 14.3. The fourth-order valence-electron chi connectivity index (χ4n) is 1.52. The summed E-state index contributed by atoms with van der Waals surface area (Å²) in [6.45, 7) is 1.58. The van der Waals surface area contributed by atoms with Crippen molar-refractivity contribution in [2.45, 2.75) is 12.8 Å². The molecule has 2 rings (SSSR count). The summed E-state index contributed by atoms with van der Waals surface area (Å²) in [5.41, 5.74) is 2.59. The third-order valence-corrected chi connectivity index (χ3v) is 2.36. The molecule has 1 fully saturated rings. The third kappa shape index (κ3) is 2.70. The van der Waals surface area contributed by atoms with Crippen LogP contribution in [0, 0.1) is 4.91 Å². The number of ether oxygens (including phenoxy) is 1. The molecule has 0 aromatic carbocycles. The topological polar surface area (TPSA) is 51.5 Å². The van der Waals surface area contributed by atoms with E-state index in [9.17, 15) is 4.91 Å². The second-order valence-corrected chi connectivity index (χ2v) is 3.45. The van der Waals surface area contributed by atoms with Crippen LogP contribution in [0.2, 0.25) is 0 Å². The van der Waals surface area contributed by atoms with Crippen molar-refractivity contribution < 1.29 is 4.74 Å². The van der Waals surface area contributed by atoms with Crippen LogP contribution < -0.4 is 0 Å². The summed E-state index contributed by atoms with van der Waals surface area (Å²) in [5, 5.41) is 2.81. The first-order chi connectivity index (χ1) is 7.38. The number of nitrogens with zero attached hydrogens (tertiary/aromatic N) is 2. The normalized spacial score (nSPS) is 16.1. The quantitative estimate of drug-likeness (QED) is 0.696. The Morgan fingerprint density at radius 3 is 2.73 bits per heavy atom. The van der Waals surface area contributed by atoms with Crippen LogP contribution in [0.1, 0.15) is 18.5 Å². The molecule has 1 aliphatic rings. The lowest BCUT2D eigenvalue weighted by molar-refractivity contribution is 0.119. The van der Waals surface area contributed by atoms with E-state index in [0.717, 1.165) is 31.7 Å². The fourth-order valence-corrected chi connectivity index (χ4v) is 1.52. The average Bonchev–Trinajstić information content (AvgIpc) is 2.31. The van der Waals surface area contributed by atoms with E-state index in [1.54, 1.807) is 12.1 Å². The maximum atomic E-state index is 10.2. The van der Waals surface area contributed by atoms with Crippen molar-refractivity contribution in [2.75, 3.05) is 13.2 Å². The van der Waals surface area contributed by atoms with Crippen molar-refractivity contribution in [3.63, 3.8) is 0 Å². The van der Waals surface area contributed by atoms with Gasteiger partial charge in [0, 0.05) is 0 Å². The Labute approximate surface area is 88.0 Å². The van der Waals surface area contributed by atoms with Gasteiger partial charge in [0.15, 0.2) is 0 Å². The van der Waals surface area contributed by atoms with Crippen molar-refractivity contribution in [3.8, 4) is 0 Å². The number of hydrogen-bond donors (Lipinski definition) is 0. The smallest absolute Gasteiger partial charge is 0.126 e. The Hall–Kier alpha value is -1.55. The highest BCUT2D eigenvalue weighted by atomic mass is 16.5. The van der Waals surface area contributed by atoms with Gasteiger partial charge in [-0.25, -0.2) is 0 Å². The summed E-state index contributed by atoms with van der Waals surface area (Å²) < 4.78 is 5.26. The first-order valence-corrected chi connectivity index (χ1v) is 4.95. The second-order valence-electron chi connectivity index (χ2n) is 3.45. The zero-order valence-electron chi connectivity index (χ0n) is 8.35. The first kappa shape index (κ1) is 9.98. The molecule has 1 aliphatic heterocycles. The van der Waals surface area contributed by atoms with E-state index in [2.05, 4.69) is 16.2 Å². The molecular weight excluding hydrogens is 192 g/mol. The van der Waals surface area contributed by atoms with E-state index in [1.807, 2.05) is 0 Å². The van der Waals surface area contributed by atoms with Crippen LogP contribution in [0.5, 0.6) is 0 Å². The maximum absolute atomic E-state index is 10.2. The summed E-state index contributed by atoms with van der Waals surface area (Å²) in [5.74, 6) is 0. The molecule has 78 valence electrons. The van der Waals surface area contributed by atoms with E-state index in [-0.39, 0.29) is 0 Å². The van der Waals surface area contributed by atoms with Gasteiger partial charge in [-0.2, -0.15) is 0 Å². The van der Waals surface area contributed by atoms with Crippen molar-refractivity contribution in [3.05, 3.63) is 34.5 Å². The molecule has 0 radical (unpaired) electrons. The maximum Gasteiger partial charge on any atom is 0.126 e. The molecule has 0 amide bonds. The number of pyridine rings is 1. The Kier molecular flexibility index (Phi) is 3.19. The number of aromatic nitrogens is 1. The average molecular weight is 204 g/mol. The molecule has 1 aromatic rings.